The first-order valence-electron chi connectivity index (χ1n) is 10.5. The van der Waals surface area contributed by atoms with E-state index in [0.717, 1.165) is 16.7 Å². The summed E-state index contributed by atoms with van der Waals surface area (Å²) < 4.78 is 5.22. The van der Waals surface area contributed by atoms with Crippen molar-refractivity contribution in [3.05, 3.63) is 95.6 Å². The Balaban J connectivity index is 1.26. The summed E-state index contributed by atoms with van der Waals surface area (Å²) in [6, 6.07) is 18.4. The van der Waals surface area contributed by atoms with Gasteiger partial charge in [-0.1, -0.05) is 35.0 Å². The average Bonchev–Trinajstić information content (AvgIpc) is 3.32. The minimum Gasteiger partial charge on any atom is -0.352 e. The SMILES string of the molecule is Cc1ccc(C(=O)Nc2cccc(CNC(=O)CCc3nc(-c4cccnc4)no3)c2)cc1. The van der Waals surface area contributed by atoms with Crippen molar-refractivity contribution in [1.82, 2.24) is 20.4 Å². The maximum atomic E-state index is 12.4. The minimum atomic E-state index is -0.179. The highest BCUT2D eigenvalue weighted by Gasteiger charge is 2.11. The van der Waals surface area contributed by atoms with Gasteiger partial charge in [0.2, 0.25) is 17.6 Å². The topological polar surface area (TPSA) is 110 Å². The van der Waals surface area contributed by atoms with Gasteiger partial charge in [0.1, 0.15) is 0 Å². The fraction of sp³-hybridized carbons (Fsp3) is 0.160. The first-order valence-corrected chi connectivity index (χ1v) is 10.5. The van der Waals surface area contributed by atoms with Crippen molar-refractivity contribution >= 4 is 17.5 Å². The quantitative estimate of drug-likeness (QED) is 0.429. The van der Waals surface area contributed by atoms with Crippen molar-refractivity contribution < 1.29 is 14.1 Å². The predicted octanol–water partition coefficient (Wildman–Crippen LogP) is 3.94. The molecule has 8 heteroatoms. The largest absolute Gasteiger partial charge is 0.352 e. The molecule has 0 radical (unpaired) electrons. The number of nitrogens with zero attached hydrogens (tertiary/aromatic N) is 3. The van der Waals surface area contributed by atoms with E-state index in [9.17, 15) is 9.59 Å². The number of carbonyl (C=O) groups is 2. The Bertz CT molecular complexity index is 1240. The van der Waals surface area contributed by atoms with E-state index in [-0.39, 0.29) is 18.2 Å². The van der Waals surface area contributed by atoms with Crippen molar-refractivity contribution in [2.45, 2.75) is 26.3 Å². The molecule has 2 amide bonds. The zero-order valence-corrected chi connectivity index (χ0v) is 18.1. The lowest BCUT2D eigenvalue weighted by Crippen LogP contribution is -2.23. The predicted molar refractivity (Wildman–Crippen MR) is 123 cm³/mol. The molecular weight excluding hydrogens is 418 g/mol. The number of carbonyl (C=O) groups excluding carboxylic acids is 2. The van der Waals surface area contributed by atoms with Crippen LogP contribution < -0.4 is 10.6 Å². The van der Waals surface area contributed by atoms with E-state index >= 15 is 0 Å². The van der Waals surface area contributed by atoms with Crippen molar-refractivity contribution in [3.63, 3.8) is 0 Å². The summed E-state index contributed by atoms with van der Waals surface area (Å²) in [7, 11) is 0. The van der Waals surface area contributed by atoms with Gasteiger partial charge in [-0.05, 0) is 48.9 Å². The number of amides is 2. The third-order valence-electron chi connectivity index (χ3n) is 4.94. The zero-order valence-electron chi connectivity index (χ0n) is 18.1. The highest BCUT2D eigenvalue weighted by molar-refractivity contribution is 6.04. The van der Waals surface area contributed by atoms with Crippen LogP contribution in [0.1, 0.15) is 33.8 Å². The molecule has 2 N–H and O–H groups in total. The van der Waals surface area contributed by atoms with Gasteiger partial charge in [0.05, 0.1) is 0 Å². The molecule has 2 heterocycles. The summed E-state index contributed by atoms with van der Waals surface area (Å²) in [6.07, 6.45) is 3.88. The lowest BCUT2D eigenvalue weighted by atomic mass is 10.1. The van der Waals surface area contributed by atoms with E-state index in [1.807, 2.05) is 49.4 Å². The van der Waals surface area contributed by atoms with Gasteiger partial charge in [0.15, 0.2) is 0 Å². The summed E-state index contributed by atoms with van der Waals surface area (Å²) in [6.45, 7) is 2.32. The molecular formula is C25H23N5O3. The number of hydrogen-bond donors (Lipinski definition) is 2. The summed E-state index contributed by atoms with van der Waals surface area (Å²) in [4.78, 5) is 33.0. The Morgan fingerprint density at radius 2 is 1.88 bits per heavy atom. The highest BCUT2D eigenvalue weighted by Crippen LogP contribution is 2.15. The second kappa shape index (κ2) is 10.3. The van der Waals surface area contributed by atoms with Gasteiger partial charge in [-0.15, -0.1) is 0 Å². The maximum Gasteiger partial charge on any atom is 0.255 e. The van der Waals surface area contributed by atoms with Crippen LogP contribution in [0.4, 0.5) is 5.69 Å². The van der Waals surface area contributed by atoms with Gasteiger partial charge in [0.25, 0.3) is 5.91 Å². The van der Waals surface area contributed by atoms with Crippen LogP contribution in [0.5, 0.6) is 0 Å². The monoisotopic (exact) mass is 441 g/mol. The van der Waals surface area contributed by atoms with Crippen molar-refractivity contribution in [3.8, 4) is 11.4 Å². The molecule has 2 aromatic carbocycles. The van der Waals surface area contributed by atoms with Crippen LogP contribution in [0.2, 0.25) is 0 Å². The molecule has 0 spiro atoms. The maximum absolute atomic E-state index is 12.4. The first-order chi connectivity index (χ1) is 16.1. The summed E-state index contributed by atoms with van der Waals surface area (Å²) in [5.41, 5.74) is 3.98. The molecule has 0 fully saturated rings. The molecule has 0 atom stereocenters. The van der Waals surface area contributed by atoms with Crippen LogP contribution in [0.15, 0.2) is 77.6 Å². The van der Waals surface area contributed by atoms with Gasteiger partial charge in [0, 0.05) is 48.6 Å². The van der Waals surface area contributed by atoms with Gasteiger partial charge < -0.3 is 15.2 Å². The molecule has 2 aromatic heterocycles. The van der Waals surface area contributed by atoms with Crippen LogP contribution in [-0.2, 0) is 17.8 Å². The Morgan fingerprint density at radius 1 is 1.03 bits per heavy atom. The Kier molecular flexibility index (Phi) is 6.84. The Hall–Kier alpha value is -4.33. The van der Waals surface area contributed by atoms with Crippen LogP contribution in [-0.4, -0.2) is 26.9 Å². The minimum absolute atomic E-state index is 0.134. The van der Waals surface area contributed by atoms with E-state index in [1.54, 1.807) is 30.6 Å². The number of hydrogen-bond acceptors (Lipinski definition) is 6. The van der Waals surface area contributed by atoms with Crippen LogP contribution >= 0.6 is 0 Å². The molecule has 8 nitrogen and oxygen atoms in total. The van der Waals surface area contributed by atoms with E-state index in [1.165, 1.54) is 0 Å². The van der Waals surface area contributed by atoms with E-state index in [2.05, 4.69) is 25.8 Å². The molecule has 0 aliphatic carbocycles. The average molecular weight is 441 g/mol. The number of nitrogens with one attached hydrogen (secondary N) is 2. The molecule has 0 saturated carbocycles. The number of aromatic nitrogens is 3. The standard InChI is InChI=1S/C25H23N5O3/c1-17-7-9-19(10-8-17)25(32)28-21-6-2-4-18(14-21)15-27-22(31)11-12-23-29-24(30-33-23)20-5-3-13-26-16-20/h2-10,13-14,16H,11-12,15H2,1H3,(H,27,31)(H,28,32). The Morgan fingerprint density at radius 3 is 2.67 bits per heavy atom. The van der Waals surface area contributed by atoms with Gasteiger partial charge in [-0.3, -0.25) is 14.6 Å². The number of rotatable bonds is 8. The van der Waals surface area contributed by atoms with E-state index < -0.39 is 0 Å². The fourth-order valence-electron chi connectivity index (χ4n) is 3.15. The molecule has 0 saturated heterocycles. The molecule has 0 unspecified atom stereocenters. The van der Waals surface area contributed by atoms with Crippen LogP contribution in [0.3, 0.4) is 0 Å². The second-order valence-corrected chi connectivity index (χ2v) is 7.55. The molecule has 0 bridgehead atoms. The molecule has 4 rings (SSSR count). The molecule has 4 aromatic rings. The second-order valence-electron chi connectivity index (χ2n) is 7.55. The lowest BCUT2D eigenvalue weighted by Gasteiger charge is -2.09. The van der Waals surface area contributed by atoms with E-state index in [4.69, 9.17) is 4.52 Å². The number of pyridine rings is 1. The molecule has 166 valence electrons. The fourth-order valence-corrected chi connectivity index (χ4v) is 3.15. The van der Waals surface area contributed by atoms with Crippen molar-refractivity contribution in [2.75, 3.05) is 5.32 Å². The van der Waals surface area contributed by atoms with Gasteiger partial charge >= 0.3 is 0 Å². The lowest BCUT2D eigenvalue weighted by molar-refractivity contribution is -0.121. The smallest absolute Gasteiger partial charge is 0.255 e. The van der Waals surface area contributed by atoms with Crippen LogP contribution in [0.25, 0.3) is 11.4 Å². The van der Waals surface area contributed by atoms with Crippen molar-refractivity contribution in [2.24, 2.45) is 0 Å². The third-order valence-corrected chi connectivity index (χ3v) is 4.94. The number of anilines is 1. The van der Waals surface area contributed by atoms with Gasteiger partial charge in [-0.25, -0.2) is 0 Å². The van der Waals surface area contributed by atoms with E-state index in [0.29, 0.717) is 35.9 Å². The number of aryl methyl sites for hydroxylation is 2. The van der Waals surface area contributed by atoms with Crippen molar-refractivity contribution in [1.29, 1.82) is 0 Å². The first kappa shape index (κ1) is 21.9. The summed E-state index contributed by atoms with van der Waals surface area (Å²) in [5, 5.41) is 9.68. The molecule has 33 heavy (non-hydrogen) atoms. The van der Waals surface area contributed by atoms with Crippen LogP contribution in [0, 0.1) is 6.92 Å². The normalized spacial score (nSPS) is 10.6. The number of benzene rings is 2. The Labute approximate surface area is 191 Å². The third kappa shape index (κ3) is 6.10. The summed E-state index contributed by atoms with van der Waals surface area (Å²) in [5.74, 6) is 0.527. The highest BCUT2D eigenvalue weighted by atomic mass is 16.5. The molecule has 0 aliphatic rings. The summed E-state index contributed by atoms with van der Waals surface area (Å²) >= 11 is 0. The molecule has 0 aliphatic heterocycles. The van der Waals surface area contributed by atoms with Gasteiger partial charge in [-0.2, -0.15) is 4.98 Å². The zero-order chi connectivity index (χ0) is 23.0.